The zero-order chi connectivity index (χ0) is 10.6. The van der Waals surface area contributed by atoms with Crippen molar-refractivity contribution in [1.82, 2.24) is 10.3 Å². The van der Waals surface area contributed by atoms with Crippen molar-refractivity contribution in [2.45, 2.75) is 0 Å². The minimum absolute atomic E-state index is 0.0316. The molecular formula is C6HClN4O4. The molecule has 0 saturated heterocycles. The number of rotatable bonds is 0. The summed E-state index contributed by atoms with van der Waals surface area (Å²) in [6.45, 7) is 0. The van der Waals surface area contributed by atoms with E-state index in [4.69, 9.17) is 11.6 Å². The summed E-state index contributed by atoms with van der Waals surface area (Å²) in [4.78, 5) is 0.264. The normalized spacial score (nSPS) is 11.5. The molecule has 1 aromatic carbocycles. The highest BCUT2D eigenvalue weighted by molar-refractivity contribution is 6.36. The van der Waals surface area contributed by atoms with Crippen LogP contribution in [0.2, 0.25) is 5.02 Å². The zero-order valence-corrected chi connectivity index (χ0v) is 7.63. The lowest BCUT2D eigenvalue weighted by atomic mass is 10.2. The first-order chi connectivity index (χ1) is 7.18. The van der Waals surface area contributed by atoms with Crippen LogP contribution >= 0.6 is 11.6 Å². The Balaban J connectivity index is 2.68. The van der Waals surface area contributed by atoms with Crippen LogP contribution in [0.1, 0.15) is 0 Å². The Hall–Kier alpha value is -2.09. The fraction of sp³-hybridized carbons (Fsp3) is 0. The number of benzene rings is 1. The quantitative estimate of drug-likeness (QED) is 0.497. The summed E-state index contributed by atoms with van der Waals surface area (Å²) in [6.07, 6.45) is 0. The molecule has 0 aliphatic carbocycles. The number of fused-ring (bicyclic) bond motifs is 3. The third kappa shape index (κ3) is 0.907. The minimum Gasteiger partial charge on any atom is -0.359 e. The molecule has 8 nitrogen and oxygen atoms in total. The van der Waals surface area contributed by atoms with Crippen molar-refractivity contribution in [3.63, 3.8) is 0 Å². The molecule has 0 N–H and O–H groups in total. The molecular weight excluding hydrogens is 228 g/mol. The number of hydrogen-bond donors (Lipinski definition) is 0. The van der Waals surface area contributed by atoms with Crippen molar-refractivity contribution in [2.24, 2.45) is 0 Å². The molecule has 0 spiro atoms. The van der Waals surface area contributed by atoms with Gasteiger partial charge in [0, 0.05) is 11.2 Å². The molecule has 0 aliphatic heterocycles. The van der Waals surface area contributed by atoms with Crippen LogP contribution in [0.5, 0.6) is 0 Å². The van der Waals surface area contributed by atoms with Crippen molar-refractivity contribution in [3.8, 4) is 0 Å². The third-order valence-electron chi connectivity index (χ3n) is 1.97. The summed E-state index contributed by atoms with van der Waals surface area (Å²) < 4.78 is 8.68. The maximum atomic E-state index is 11.2. The Bertz CT molecular complexity index is 674. The largest absolute Gasteiger partial charge is 0.359 e. The molecule has 0 saturated carbocycles. The summed E-state index contributed by atoms with van der Waals surface area (Å²) in [5.41, 5.74) is 0.199. The summed E-state index contributed by atoms with van der Waals surface area (Å²) >= 11 is 5.78. The predicted molar refractivity (Wildman–Crippen MR) is 44.5 cm³/mol. The summed E-state index contributed by atoms with van der Waals surface area (Å²) in [7, 11) is 0. The van der Waals surface area contributed by atoms with Gasteiger partial charge in [-0.05, 0) is 9.81 Å². The first-order valence-electron chi connectivity index (χ1n) is 3.76. The van der Waals surface area contributed by atoms with E-state index in [2.05, 4.69) is 19.6 Å². The van der Waals surface area contributed by atoms with Crippen molar-refractivity contribution >= 4 is 33.7 Å². The number of aromatic nitrogens is 4. The minimum atomic E-state index is -0.0316. The second kappa shape index (κ2) is 2.48. The molecule has 0 atom stereocenters. The van der Waals surface area contributed by atoms with Gasteiger partial charge in [-0.3, -0.25) is 9.26 Å². The first-order valence-corrected chi connectivity index (χ1v) is 4.13. The average molecular weight is 229 g/mol. The standard InChI is InChI=1S/C6HClN4O4/c7-2-1-3-5(9-14-10(3)12)6-4(2)8-15-11(6)13/h1H. The van der Waals surface area contributed by atoms with Gasteiger partial charge in [-0.25, -0.2) is 0 Å². The smallest absolute Gasteiger partial charge is 0.303 e. The van der Waals surface area contributed by atoms with E-state index in [0.29, 0.717) is 0 Å². The van der Waals surface area contributed by atoms with Crippen LogP contribution in [-0.2, 0) is 0 Å². The van der Waals surface area contributed by atoms with E-state index < -0.39 is 0 Å². The molecule has 0 aliphatic rings. The van der Waals surface area contributed by atoms with E-state index in [1.807, 2.05) is 0 Å². The summed E-state index contributed by atoms with van der Waals surface area (Å²) in [5, 5.41) is 29.2. The monoisotopic (exact) mass is 228 g/mol. The molecule has 0 bridgehead atoms. The van der Waals surface area contributed by atoms with E-state index in [0.717, 1.165) is 0 Å². The van der Waals surface area contributed by atoms with Gasteiger partial charge in [-0.1, -0.05) is 11.6 Å². The molecule has 0 fully saturated rings. The molecule has 76 valence electrons. The van der Waals surface area contributed by atoms with E-state index in [1.165, 1.54) is 6.07 Å². The van der Waals surface area contributed by atoms with E-state index in [-0.39, 0.29) is 36.9 Å². The Morgan fingerprint density at radius 3 is 2.60 bits per heavy atom. The van der Waals surface area contributed by atoms with Gasteiger partial charge >= 0.3 is 5.52 Å². The van der Waals surface area contributed by atoms with Crippen LogP contribution in [0, 0.1) is 10.4 Å². The third-order valence-corrected chi connectivity index (χ3v) is 2.26. The van der Waals surface area contributed by atoms with Gasteiger partial charge in [0.1, 0.15) is 5.02 Å². The number of halogens is 1. The fourth-order valence-electron chi connectivity index (χ4n) is 1.33. The molecule has 9 heteroatoms. The Morgan fingerprint density at radius 1 is 1.13 bits per heavy atom. The highest BCUT2D eigenvalue weighted by Crippen LogP contribution is 2.25. The lowest BCUT2D eigenvalue weighted by molar-refractivity contribution is -0.782. The zero-order valence-electron chi connectivity index (χ0n) is 6.88. The second-order valence-corrected chi connectivity index (χ2v) is 3.19. The predicted octanol–water partition coefficient (Wildman–Crippen LogP) is -0.111. The molecule has 15 heavy (non-hydrogen) atoms. The Labute approximate surface area is 85.3 Å². The van der Waals surface area contributed by atoms with Crippen LogP contribution in [0.25, 0.3) is 22.1 Å². The second-order valence-electron chi connectivity index (χ2n) is 2.78. The number of nitrogens with zero attached hydrogens (tertiary/aromatic N) is 4. The van der Waals surface area contributed by atoms with Crippen molar-refractivity contribution < 1.29 is 19.1 Å². The van der Waals surface area contributed by atoms with Crippen molar-refractivity contribution in [2.75, 3.05) is 0 Å². The summed E-state index contributed by atoms with van der Waals surface area (Å²) in [6, 6.07) is 1.30. The maximum Gasteiger partial charge on any atom is 0.303 e. The van der Waals surface area contributed by atoms with Gasteiger partial charge in [0.15, 0.2) is 0 Å². The van der Waals surface area contributed by atoms with E-state index >= 15 is 0 Å². The van der Waals surface area contributed by atoms with E-state index in [9.17, 15) is 10.4 Å². The van der Waals surface area contributed by atoms with Crippen LogP contribution in [0.4, 0.5) is 0 Å². The number of hydrogen-bond acceptors (Lipinski definition) is 6. The fourth-order valence-corrected chi connectivity index (χ4v) is 1.56. The highest BCUT2D eigenvalue weighted by atomic mass is 35.5. The van der Waals surface area contributed by atoms with Crippen LogP contribution in [0.3, 0.4) is 0 Å². The summed E-state index contributed by atoms with van der Waals surface area (Å²) in [5.74, 6) is 0. The van der Waals surface area contributed by atoms with Crippen LogP contribution in [0.15, 0.2) is 15.3 Å². The van der Waals surface area contributed by atoms with Gasteiger partial charge in [-0.2, -0.15) is 0 Å². The lowest BCUT2D eigenvalue weighted by Crippen LogP contribution is -2.24. The Morgan fingerprint density at radius 2 is 1.80 bits per heavy atom. The Kier molecular flexibility index (Phi) is 1.36. The SMILES string of the molecule is [O-][n+]1onc2c1cc(Cl)c1no[n+]([O-])c12. The van der Waals surface area contributed by atoms with Crippen molar-refractivity contribution in [3.05, 3.63) is 21.5 Å². The van der Waals surface area contributed by atoms with Gasteiger partial charge in [0.05, 0.1) is 5.16 Å². The van der Waals surface area contributed by atoms with Crippen LogP contribution in [-0.4, -0.2) is 10.3 Å². The molecule has 2 aromatic heterocycles. The van der Waals surface area contributed by atoms with Crippen molar-refractivity contribution in [1.29, 1.82) is 0 Å². The van der Waals surface area contributed by atoms with Gasteiger partial charge in [0.2, 0.25) is 5.52 Å². The lowest BCUT2D eigenvalue weighted by Gasteiger charge is -1.87. The molecule has 2 heterocycles. The molecule has 0 radical (unpaired) electrons. The maximum absolute atomic E-state index is 11.2. The van der Waals surface area contributed by atoms with Gasteiger partial charge in [-0.15, -0.1) is 0 Å². The highest BCUT2D eigenvalue weighted by Gasteiger charge is 2.26. The van der Waals surface area contributed by atoms with Crippen LogP contribution < -0.4 is 9.81 Å². The molecule has 0 amide bonds. The van der Waals surface area contributed by atoms with Gasteiger partial charge < -0.3 is 10.4 Å². The molecule has 3 rings (SSSR count). The molecule has 0 unspecified atom stereocenters. The first kappa shape index (κ1) is 8.24. The topological polar surface area (TPSA) is 106 Å². The average Bonchev–Trinajstić information content (AvgIpc) is 2.73. The van der Waals surface area contributed by atoms with Gasteiger partial charge in [0.25, 0.3) is 11.0 Å². The molecule has 3 aromatic rings. The van der Waals surface area contributed by atoms with E-state index in [1.54, 1.807) is 0 Å².